The molecular weight excluding hydrogens is 176 g/mol. The minimum absolute atomic E-state index is 0.120. The standard InChI is InChI=1S/C4H7ClN2O2S/c1-7-3-6-2-4(7)10(5,8)9/h2,6H,3H2,1H3. The molecule has 0 saturated heterocycles. The van der Waals surface area contributed by atoms with E-state index in [0.29, 0.717) is 6.67 Å². The van der Waals surface area contributed by atoms with Crippen LogP contribution in [0.5, 0.6) is 0 Å². The molecule has 0 amide bonds. The van der Waals surface area contributed by atoms with Crippen LogP contribution in [-0.4, -0.2) is 27.0 Å². The van der Waals surface area contributed by atoms with E-state index in [0.717, 1.165) is 0 Å². The summed E-state index contributed by atoms with van der Waals surface area (Å²) in [6, 6.07) is 0. The Balaban J connectivity index is 2.94. The normalized spacial score (nSPS) is 18.6. The summed E-state index contributed by atoms with van der Waals surface area (Å²) < 4.78 is 21.3. The third kappa shape index (κ3) is 1.35. The fraction of sp³-hybridized carbons (Fsp3) is 0.500. The smallest absolute Gasteiger partial charge is 0.278 e. The molecule has 0 fully saturated rings. The number of hydrogen-bond acceptors (Lipinski definition) is 4. The van der Waals surface area contributed by atoms with Gasteiger partial charge in [-0.1, -0.05) is 0 Å². The fourth-order valence-corrected chi connectivity index (χ4v) is 1.86. The highest BCUT2D eigenvalue weighted by Gasteiger charge is 2.21. The first-order valence-electron chi connectivity index (χ1n) is 2.61. The SMILES string of the molecule is CN1CNC=C1S(=O)(=O)Cl. The highest BCUT2D eigenvalue weighted by atomic mass is 35.7. The van der Waals surface area contributed by atoms with Crippen LogP contribution < -0.4 is 5.32 Å². The molecule has 1 heterocycles. The Hall–Kier alpha value is -0.420. The Labute approximate surface area is 63.9 Å². The summed E-state index contributed by atoms with van der Waals surface area (Å²) in [5, 5.41) is 2.85. The van der Waals surface area contributed by atoms with Gasteiger partial charge in [0.05, 0.1) is 6.67 Å². The second-order valence-electron chi connectivity index (χ2n) is 1.98. The van der Waals surface area contributed by atoms with Crippen LogP contribution in [0.15, 0.2) is 11.2 Å². The zero-order chi connectivity index (χ0) is 7.78. The van der Waals surface area contributed by atoms with Crippen LogP contribution in [-0.2, 0) is 9.05 Å². The van der Waals surface area contributed by atoms with Crippen molar-refractivity contribution < 1.29 is 8.42 Å². The van der Waals surface area contributed by atoms with Crippen molar-refractivity contribution in [3.05, 3.63) is 11.2 Å². The Morgan fingerprint density at radius 2 is 2.40 bits per heavy atom. The van der Waals surface area contributed by atoms with Gasteiger partial charge >= 0.3 is 0 Å². The largest absolute Gasteiger partial charge is 0.371 e. The lowest BCUT2D eigenvalue weighted by atomic mass is 10.8. The van der Waals surface area contributed by atoms with Gasteiger partial charge in [-0.15, -0.1) is 0 Å². The lowest BCUT2D eigenvalue weighted by molar-refractivity contribution is 0.458. The molecule has 0 aromatic rings. The lowest BCUT2D eigenvalue weighted by Crippen LogP contribution is -2.20. The minimum Gasteiger partial charge on any atom is -0.371 e. The van der Waals surface area contributed by atoms with Gasteiger partial charge in [0.2, 0.25) is 0 Å². The number of halogens is 1. The molecular formula is C4H7ClN2O2S. The fourth-order valence-electron chi connectivity index (χ4n) is 0.715. The number of rotatable bonds is 1. The Morgan fingerprint density at radius 1 is 1.80 bits per heavy atom. The Kier molecular flexibility index (Phi) is 1.78. The molecule has 1 rings (SSSR count). The van der Waals surface area contributed by atoms with Gasteiger partial charge < -0.3 is 10.2 Å². The summed E-state index contributed by atoms with van der Waals surface area (Å²) in [4.78, 5) is 1.52. The van der Waals surface area contributed by atoms with Crippen LogP contribution in [0, 0.1) is 0 Å². The van der Waals surface area contributed by atoms with Crippen molar-refractivity contribution in [2.24, 2.45) is 0 Å². The Bertz CT molecular complexity index is 258. The van der Waals surface area contributed by atoms with Crippen molar-refractivity contribution in [3.8, 4) is 0 Å². The van der Waals surface area contributed by atoms with E-state index in [4.69, 9.17) is 10.7 Å². The van der Waals surface area contributed by atoms with Crippen molar-refractivity contribution in [2.75, 3.05) is 13.7 Å². The average molecular weight is 183 g/mol. The predicted octanol–water partition coefficient (Wildman–Crippen LogP) is -0.154. The van der Waals surface area contributed by atoms with Crippen LogP contribution in [0.1, 0.15) is 0 Å². The first-order valence-corrected chi connectivity index (χ1v) is 4.92. The van der Waals surface area contributed by atoms with Gasteiger partial charge in [0, 0.05) is 23.9 Å². The maximum atomic E-state index is 10.7. The highest BCUT2D eigenvalue weighted by molar-refractivity contribution is 8.16. The molecule has 1 aliphatic rings. The number of nitrogens with zero attached hydrogens (tertiary/aromatic N) is 1. The third-order valence-electron chi connectivity index (χ3n) is 1.18. The first-order chi connectivity index (χ1) is 4.52. The van der Waals surface area contributed by atoms with Gasteiger partial charge in [0.1, 0.15) is 0 Å². The van der Waals surface area contributed by atoms with Crippen LogP contribution in [0.2, 0.25) is 0 Å². The van der Waals surface area contributed by atoms with E-state index >= 15 is 0 Å². The average Bonchev–Trinajstić information content (AvgIpc) is 2.11. The second kappa shape index (κ2) is 2.32. The summed E-state index contributed by atoms with van der Waals surface area (Å²) in [5.41, 5.74) is 0. The van der Waals surface area contributed by atoms with Crippen LogP contribution >= 0.6 is 10.7 Å². The van der Waals surface area contributed by atoms with Gasteiger partial charge in [-0.25, -0.2) is 8.42 Å². The van der Waals surface area contributed by atoms with E-state index in [2.05, 4.69) is 5.32 Å². The summed E-state index contributed by atoms with van der Waals surface area (Å²) in [6.45, 7) is 0.487. The maximum absolute atomic E-state index is 10.7. The predicted molar refractivity (Wildman–Crippen MR) is 38.6 cm³/mol. The molecule has 0 spiro atoms. The summed E-state index contributed by atoms with van der Waals surface area (Å²) in [7, 11) is 3.15. The van der Waals surface area contributed by atoms with E-state index in [9.17, 15) is 8.42 Å². The van der Waals surface area contributed by atoms with E-state index in [1.165, 1.54) is 11.1 Å². The zero-order valence-corrected chi connectivity index (χ0v) is 6.91. The molecule has 1 N–H and O–H groups in total. The van der Waals surface area contributed by atoms with E-state index in [-0.39, 0.29) is 5.03 Å². The lowest BCUT2D eigenvalue weighted by Gasteiger charge is -2.10. The minimum atomic E-state index is -3.55. The molecule has 10 heavy (non-hydrogen) atoms. The van der Waals surface area contributed by atoms with E-state index < -0.39 is 9.05 Å². The van der Waals surface area contributed by atoms with Crippen LogP contribution in [0.25, 0.3) is 0 Å². The van der Waals surface area contributed by atoms with Crippen molar-refractivity contribution in [1.29, 1.82) is 0 Å². The summed E-state index contributed by atoms with van der Waals surface area (Å²) in [6.07, 6.45) is 1.38. The molecule has 0 aromatic carbocycles. The van der Waals surface area contributed by atoms with Gasteiger partial charge in [-0.2, -0.15) is 0 Å². The molecule has 0 atom stereocenters. The van der Waals surface area contributed by atoms with Gasteiger partial charge in [0.15, 0.2) is 5.03 Å². The van der Waals surface area contributed by atoms with Crippen molar-refractivity contribution in [1.82, 2.24) is 10.2 Å². The molecule has 0 saturated carbocycles. The molecule has 6 heteroatoms. The van der Waals surface area contributed by atoms with Crippen LogP contribution in [0.3, 0.4) is 0 Å². The summed E-state index contributed by atoms with van der Waals surface area (Å²) >= 11 is 0. The first kappa shape index (κ1) is 7.68. The maximum Gasteiger partial charge on any atom is 0.278 e. The van der Waals surface area contributed by atoms with Gasteiger partial charge in [-0.05, 0) is 0 Å². The van der Waals surface area contributed by atoms with Crippen molar-refractivity contribution >= 4 is 19.7 Å². The van der Waals surface area contributed by atoms with Crippen LogP contribution in [0.4, 0.5) is 0 Å². The third-order valence-corrected chi connectivity index (χ3v) is 2.58. The zero-order valence-electron chi connectivity index (χ0n) is 5.33. The molecule has 0 unspecified atom stereocenters. The molecule has 0 aromatic heterocycles. The molecule has 4 nitrogen and oxygen atoms in total. The monoisotopic (exact) mass is 182 g/mol. The van der Waals surface area contributed by atoms with Gasteiger partial charge in [0.25, 0.3) is 9.05 Å². The quantitative estimate of drug-likeness (QED) is 0.573. The van der Waals surface area contributed by atoms with Crippen molar-refractivity contribution in [2.45, 2.75) is 0 Å². The van der Waals surface area contributed by atoms with Gasteiger partial charge in [-0.3, -0.25) is 0 Å². The van der Waals surface area contributed by atoms with Crippen molar-refractivity contribution in [3.63, 3.8) is 0 Å². The number of nitrogens with one attached hydrogen (secondary N) is 1. The molecule has 0 bridgehead atoms. The molecule has 0 radical (unpaired) electrons. The topological polar surface area (TPSA) is 49.4 Å². The molecule has 0 aliphatic carbocycles. The van der Waals surface area contributed by atoms with E-state index in [1.807, 2.05) is 0 Å². The summed E-state index contributed by atoms with van der Waals surface area (Å²) in [5.74, 6) is 0. The molecule has 58 valence electrons. The highest BCUT2D eigenvalue weighted by Crippen LogP contribution is 2.16. The van der Waals surface area contributed by atoms with E-state index in [1.54, 1.807) is 7.05 Å². The number of hydrogen-bond donors (Lipinski definition) is 1. The molecule has 1 aliphatic heterocycles. The second-order valence-corrected chi connectivity index (χ2v) is 4.49. The Morgan fingerprint density at radius 3 is 2.60 bits per heavy atom.